The summed E-state index contributed by atoms with van der Waals surface area (Å²) in [5, 5.41) is 5.47. The maximum atomic E-state index is 14.2. The van der Waals surface area contributed by atoms with Crippen molar-refractivity contribution in [3.05, 3.63) is 100 Å². The molecule has 0 saturated carbocycles. The van der Waals surface area contributed by atoms with Gasteiger partial charge in [0.25, 0.3) is 5.91 Å². The van der Waals surface area contributed by atoms with Crippen LogP contribution in [0.15, 0.2) is 72.8 Å². The van der Waals surface area contributed by atoms with Crippen molar-refractivity contribution < 1.29 is 23.5 Å². The summed E-state index contributed by atoms with van der Waals surface area (Å²) in [6.45, 7) is 5.12. The Kier molecular flexibility index (Phi) is 7.68. The molecule has 0 heterocycles. The summed E-state index contributed by atoms with van der Waals surface area (Å²) in [7, 11) is 0. The SMILES string of the molecule is CC(C)(C)OC(=O)NC(C(=O)Nc1ccc(Cl)cc1C(=O)c1ccccc1F)c1ccccc1. The minimum Gasteiger partial charge on any atom is -0.444 e. The molecule has 0 radical (unpaired) electrons. The van der Waals surface area contributed by atoms with Gasteiger partial charge in [0.05, 0.1) is 11.3 Å². The van der Waals surface area contributed by atoms with Gasteiger partial charge in [-0.25, -0.2) is 9.18 Å². The molecule has 6 nitrogen and oxygen atoms in total. The Labute approximate surface area is 202 Å². The van der Waals surface area contributed by atoms with Gasteiger partial charge in [-0.05, 0) is 56.7 Å². The zero-order valence-electron chi connectivity index (χ0n) is 18.9. The maximum Gasteiger partial charge on any atom is 0.408 e. The topological polar surface area (TPSA) is 84.5 Å². The van der Waals surface area contributed by atoms with Crippen molar-refractivity contribution in [2.24, 2.45) is 0 Å². The summed E-state index contributed by atoms with van der Waals surface area (Å²) in [4.78, 5) is 38.7. The Hall–Kier alpha value is -3.71. The molecular formula is C26H24ClFN2O4. The molecule has 3 aromatic rings. The van der Waals surface area contributed by atoms with Gasteiger partial charge in [0.2, 0.25) is 0 Å². The second-order valence-corrected chi connectivity index (χ2v) is 8.91. The molecule has 0 aliphatic heterocycles. The molecule has 0 fully saturated rings. The van der Waals surface area contributed by atoms with Crippen LogP contribution < -0.4 is 10.6 Å². The third-order valence-corrected chi connectivity index (χ3v) is 4.89. The van der Waals surface area contributed by atoms with E-state index in [1.165, 1.54) is 42.5 Å². The highest BCUT2D eigenvalue weighted by molar-refractivity contribution is 6.31. The summed E-state index contributed by atoms with van der Waals surface area (Å²) in [5.41, 5.74) is -0.296. The molecule has 0 spiro atoms. The van der Waals surface area contributed by atoms with Crippen LogP contribution in [0.3, 0.4) is 0 Å². The van der Waals surface area contributed by atoms with Crippen LogP contribution in [0.5, 0.6) is 0 Å². The molecule has 176 valence electrons. The second-order valence-electron chi connectivity index (χ2n) is 8.48. The molecule has 3 aromatic carbocycles. The summed E-state index contributed by atoms with van der Waals surface area (Å²) < 4.78 is 19.5. The van der Waals surface area contributed by atoms with Gasteiger partial charge in [-0.3, -0.25) is 9.59 Å². The zero-order valence-corrected chi connectivity index (χ0v) is 19.7. The van der Waals surface area contributed by atoms with Crippen LogP contribution in [0.4, 0.5) is 14.9 Å². The highest BCUT2D eigenvalue weighted by Crippen LogP contribution is 2.26. The normalized spacial score (nSPS) is 11.9. The number of alkyl carbamates (subject to hydrolysis) is 1. The fourth-order valence-electron chi connectivity index (χ4n) is 3.18. The first-order chi connectivity index (χ1) is 16.0. The second kappa shape index (κ2) is 10.5. The van der Waals surface area contributed by atoms with E-state index in [1.54, 1.807) is 51.1 Å². The predicted molar refractivity (Wildman–Crippen MR) is 128 cm³/mol. The standard InChI is InChI=1S/C26H24ClFN2O4/c1-26(2,3)34-25(33)30-22(16-9-5-4-6-10-16)24(32)29-21-14-13-17(27)15-19(21)23(31)18-11-7-8-12-20(18)28/h4-15,22H,1-3H3,(H,29,32)(H,30,33). The van der Waals surface area contributed by atoms with Crippen molar-refractivity contribution in [3.63, 3.8) is 0 Å². The van der Waals surface area contributed by atoms with Gasteiger partial charge in [-0.1, -0.05) is 54.1 Å². The number of rotatable bonds is 6. The first-order valence-corrected chi connectivity index (χ1v) is 10.9. The number of amides is 2. The average Bonchev–Trinajstić information content (AvgIpc) is 2.78. The Morgan fingerprint density at radius 1 is 0.912 bits per heavy atom. The van der Waals surface area contributed by atoms with E-state index in [9.17, 15) is 18.8 Å². The first kappa shape index (κ1) is 24.9. The molecule has 8 heteroatoms. The van der Waals surface area contributed by atoms with Gasteiger partial charge in [0.15, 0.2) is 5.78 Å². The van der Waals surface area contributed by atoms with Crippen molar-refractivity contribution in [2.45, 2.75) is 32.4 Å². The monoisotopic (exact) mass is 482 g/mol. The van der Waals surface area contributed by atoms with Crippen LogP contribution in [-0.2, 0) is 9.53 Å². The highest BCUT2D eigenvalue weighted by Gasteiger charge is 2.27. The number of benzene rings is 3. The fourth-order valence-corrected chi connectivity index (χ4v) is 3.35. The molecule has 1 unspecified atom stereocenters. The Balaban J connectivity index is 1.93. The summed E-state index contributed by atoms with van der Waals surface area (Å²) in [6, 6.07) is 17.3. The Bertz CT molecular complexity index is 1210. The van der Waals surface area contributed by atoms with Crippen molar-refractivity contribution in [1.82, 2.24) is 5.32 Å². The molecular weight excluding hydrogens is 459 g/mol. The number of carbonyl (C=O) groups excluding carboxylic acids is 3. The minimum absolute atomic E-state index is 0.00929. The van der Waals surface area contributed by atoms with E-state index in [0.717, 1.165) is 0 Å². The van der Waals surface area contributed by atoms with Crippen LogP contribution in [0.25, 0.3) is 0 Å². The van der Waals surface area contributed by atoms with Gasteiger partial charge >= 0.3 is 6.09 Å². The van der Waals surface area contributed by atoms with Crippen molar-refractivity contribution in [3.8, 4) is 0 Å². The van der Waals surface area contributed by atoms with Crippen LogP contribution >= 0.6 is 11.6 Å². The largest absolute Gasteiger partial charge is 0.444 e. The molecule has 0 saturated heterocycles. The van der Waals surface area contributed by atoms with Gasteiger partial charge in [-0.15, -0.1) is 0 Å². The van der Waals surface area contributed by atoms with E-state index < -0.39 is 35.2 Å². The summed E-state index contributed by atoms with van der Waals surface area (Å²) >= 11 is 6.08. The third-order valence-electron chi connectivity index (χ3n) is 4.66. The van der Waals surface area contributed by atoms with Crippen molar-refractivity contribution in [2.75, 3.05) is 5.32 Å². The molecule has 0 aliphatic rings. The number of nitrogens with one attached hydrogen (secondary N) is 2. The molecule has 1 atom stereocenters. The number of carbonyl (C=O) groups is 3. The van der Waals surface area contributed by atoms with E-state index in [2.05, 4.69) is 10.6 Å². The molecule has 0 aliphatic carbocycles. The molecule has 3 rings (SSSR count). The maximum absolute atomic E-state index is 14.2. The van der Waals surface area contributed by atoms with Crippen LogP contribution in [-0.4, -0.2) is 23.4 Å². The number of hydrogen-bond acceptors (Lipinski definition) is 4. The minimum atomic E-state index is -1.12. The molecule has 2 amide bonds. The predicted octanol–water partition coefficient (Wildman–Crippen LogP) is 5.91. The Morgan fingerprint density at radius 3 is 2.21 bits per heavy atom. The van der Waals surface area contributed by atoms with Crippen molar-refractivity contribution >= 4 is 35.1 Å². The van der Waals surface area contributed by atoms with Gasteiger partial charge in [0, 0.05) is 10.6 Å². The number of ketones is 1. The number of hydrogen-bond donors (Lipinski definition) is 2. The van der Waals surface area contributed by atoms with E-state index in [0.29, 0.717) is 5.56 Å². The molecule has 2 N–H and O–H groups in total. The fraction of sp³-hybridized carbons (Fsp3) is 0.192. The lowest BCUT2D eigenvalue weighted by atomic mass is 10.0. The lowest BCUT2D eigenvalue weighted by Gasteiger charge is -2.24. The van der Waals surface area contributed by atoms with Crippen LogP contribution in [0.1, 0.15) is 48.3 Å². The lowest BCUT2D eigenvalue weighted by molar-refractivity contribution is -0.118. The average molecular weight is 483 g/mol. The summed E-state index contributed by atoms with van der Waals surface area (Å²) in [5.74, 6) is -1.97. The van der Waals surface area contributed by atoms with Crippen LogP contribution in [0.2, 0.25) is 5.02 Å². The van der Waals surface area contributed by atoms with E-state index in [-0.39, 0.29) is 21.8 Å². The number of anilines is 1. The molecule has 0 aromatic heterocycles. The van der Waals surface area contributed by atoms with E-state index >= 15 is 0 Å². The third kappa shape index (κ3) is 6.42. The zero-order chi connectivity index (χ0) is 24.9. The van der Waals surface area contributed by atoms with Gasteiger partial charge in [-0.2, -0.15) is 0 Å². The van der Waals surface area contributed by atoms with E-state index in [1.807, 2.05) is 0 Å². The van der Waals surface area contributed by atoms with Crippen molar-refractivity contribution in [1.29, 1.82) is 0 Å². The molecule has 0 bridgehead atoms. The highest BCUT2D eigenvalue weighted by atomic mass is 35.5. The summed E-state index contributed by atoms with van der Waals surface area (Å²) in [6.07, 6.45) is -0.782. The van der Waals surface area contributed by atoms with Gasteiger partial charge in [0.1, 0.15) is 17.5 Å². The quantitative estimate of drug-likeness (QED) is 0.427. The smallest absolute Gasteiger partial charge is 0.408 e. The number of ether oxygens (including phenoxy) is 1. The molecule has 34 heavy (non-hydrogen) atoms. The Morgan fingerprint density at radius 2 is 1.56 bits per heavy atom. The lowest BCUT2D eigenvalue weighted by Crippen LogP contribution is -2.40. The van der Waals surface area contributed by atoms with Crippen LogP contribution in [0, 0.1) is 5.82 Å². The van der Waals surface area contributed by atoms with Gasteiger partial charge < -0.3 is 15.4 Å². The first-order valence-electron chi connectivity index (χ1n) is 10.5. The number of halogens is 2. The van der Waals surface area contributed by atoms with E-state index in [4.69, 9.17) is 16.3 Å².